The first kappa shape index (κ1) is 15.8. The molecular formula is C18H29NO3. The second kappa shape index (κ2) is 5.24. The van der Waals surface area contributed by atoms with Crippen molar-refractivity contribution in [1.29, 1.82) is 0 Å². The third-order valence-electron chi connectivity index (χ3n) is 6.10. The lowest BCUT2D eigenvalue weighted by atomic mass is 9.65. The highest BCUT2D eigenvalue weighted by molar-refractivity contribution is 5.85. The zero-order valence-corrected chi connectivity index (χ0v) is 14.1. The fourth-order valence-corrected chi connectivity index (χ4v) is 5.65. The second-order valence-corrected chi connectivity index (χ2v) is 9.02. The molecule has 0 spiro atoms. The Labute approximate surface area is 133 Å². The minimum Gasteiger partial charge on any atom is -0.481 e. The van der Waals surface area contributed by atoms with Gasteiger partial charge in [-0.2, -0.15) is 0 Å². The Morgan fingerprint density at radius 1 is 1.05 bits per heavy atom. The molecule has 4 heteroatoms. The molecule has 3 rings (SSSR count). The Kier molecular flexibility index (Phi) is 3.77. The van der Waals surface area contributed by atoms with E-state index in [1.165, 1.54) is 0 Å². The molecule has 22 heavy (non-hydrogen) atoms. The van der Waals surface area contributed by atoms with Crippen molar-refractivity contribution in [3.63, 3.8) is 0 Å². The van der Waals surface area contributed by atoms with Crippen LogP contribution < -0.4 is 0 Å². The van der Waals surface area contributed by atoms with E-state index in [0.29, 0.717) is 12.5 Å². The molecule has 1 N–H and O–H groups in total. The zero-order valence-electron chi connectivity index (χ0n) is 14.1. The Morgan fingerprint density at radius 3 is 2.32 bits per heavy atom. The van der Waals surface area contributed by atoms with Gasteiger partial charge < -0.3 is 10.0 Å². The average molecular weight is 307 g/mol. The van der Waals surface area contributed by atoms with Gasteiger partial charge in [0.1, 0.15) is 0 Å². The van der Waals surface area contributed by atoms with Crippen molar-refractivity contribution in [2.75, 3.05) is 6.54 Å². The minimum absolute atomic E-state index is 0.124. The molecule has 1 amide bonds. The van der Waals surface area contributed by atoms with Crippen molar-refractivity contribution in [3.8, 4) is 0 Å². The minimum atomic E-state index is -0.785. The maximum absolute atomic E-state index is 13.1. The van der Waals surface area contributed by atoms with Gasteiger partial charge in [-0.25, -0.2) is 0 Å². The molecule has 0 aromatic rings. The summed E-state index contributed by atoms with van der Waals surface area (Å²) in [6, 6.07) is 0.317. The summed E-state index contributed by atoms with van der Waals surface area (Å²) in [6.07, 6.45) is 6.64. The van der Waals surface area contributed by atoms with Gasteiger partial charge >= 0.3 is 5.97 Å². The zero-order chi connectivity index (χ0) is 16.1. The first-order chi connectivity index (χ1) is 10.2. The van der Waals surface area contributed by atoms with Crippen LogP contribution in [0.25, 0.3) is 0 Å². The molecule has 124 valence electrons. The van der Waals surface area contributed by atoms with E-state index >= 15 is 0 Å². The van der Waals surface area contributed by atoms with Gasteiger partial charge in [-0.15, -0.1) is 0 Å². The molecule has 1 saturated heterocycles. The van der Waals surface area contributed by atoms with Gasteiger partial charge in [-0.1, -0.05) is 33.6 Å². The van der Waals surface area contributed by atoms with Gasteiger partial charge in [0.05, 0.1) is 11.8 Å². The summed E-state index contributed by atoms with van der Waals surface area (Å²) >= 11 is 0. The molecule has 0 radical (unpaired) electrons. The van der Waals surface area contributed by atoms with Crippen molar-refractivity contribution in [1.82, 2.24) is 4.90 Å². The van der Waals surface area contributed by atoms with E-state index < -0.39 is 11.9 Å². The lowest BCUT2D eigenvalue weighted by Crippen LogP contribution is -2.45. The first-order valence-corrected chi connectivity index (χ1v) is 8.74. The topological polar surface area (TPSA) is 57.6 Å². The number of hydrogen-bond donors (Lipinski definition) is 1. The molecule has 1 aliphatic heterocycles. The van der Waals surface area contributed by atoms with Crippen molar-refractivity contribution >= 4 is 11.9 Å². The molecule has 0 aromatic carbocycles. The van der Waals surface area contributed by atoms with E-state index in [0.717, 1.165) is 45.1 Å². The molecule has 2 bridgehead atoms. The highest BCUT2D eigenvalue weighted by atomic mass is 16.4. The van der Waals surface area contributed by atoms with Gasteiger partial charge in [0.2, 0.25) is 5.91 Å². The Bertz CT molecular complexity index is 487. The number of carboxylic acid groups (broad SMARTS) is 1. The van der Waals surface area contributed by atoms with Gasteiger partial charge in [-0.3, -0.25) is 9.59 Å². The van der Waals surface area contributed by atoms with E-state index in [2.05, 4.69) is 25.7 Å². The quantitative estimate of drug-likeness (QED) is 0.851. The molecule has 4 atom stereocenters. The Hall–Kier alpha value is -1.06. The fraction of sp³-hybridized carbons (Fsp3) is 0.889. The fourth-order valence-electron chi connectivity index (χ4n) is 5.65. The second-order valence-electron chi connectivity index (χ2n) is 9.02. The number of amides is 1. The number of carboxylic acids is 1. The van der Waals surface area contributed by atoms with Gasteiger partial charge in [0.15, 0.2) is 0 Å². The average Bonchev–Trinajstić information content (AvgIpc) is 2.67. The molecule has 2 unspecified atom stereocenters. The van der Waals surface area contributed by atoms with Crippen LogP contribution in [0, 0.1) is 22.7 Å². The molecule has 0 aromatic heterocycles. The summed E-state index contributed by atoms with van der Waals surface area (Å²) in [6.45, 7) is 7.71. The summed E-state index contributed by atoms with van der Waals surface area (Å²) in [5, 5.41) is 9.45. The molecule has 2 saturated carbocycles. The SMILES string of the molecule is CC1(C)CC2CC(C)(CN2C(=O)[C@H]2CCCC[C@H]2C(=O)O)C1. The van der Waals surface area contributed by atoms with Gasteiger partial charge in [0.25, 0.3) is 0 Å². The smallest absolute Gasteiger partial charge is 0.307 e. The Balaban J connectivity index is 1.79. The van der Waals surface area contributed by atoms with Gasteiger partial charge in [0, 0.05) is 12.6 Å². The highest BCUT2D eigenvalue weighted by Gasteiger charge is 2.52. The monoisotopic (exact) mass is 307 g/mol. The van der Waals surface area contributed by atoms with Crippen LogP contribution in [-0.2, 0) is 9.59 Å². The molecule has 3 fully saturated rings. The summed E-state index contributed by atoms with van der Waals surface area (Å²) < 4.78 is 0. The maximum atomic E-state index is 13.1. The van der Waals surface area contributed by atoms with Gasteiger partial charge in [-0.05, 0) is 42.9 Å². The van der Waals surface area contributed by atoms with E-state index in [1.54, 1.807) is 0 Å². The predicted molar refractivity (Wildman–Crippen MR) is 84.3 cm³/mol. The van der Waals surface area contributed by atoms with Crippen LogP contribution in [0.3, 0.4) is 0 Å². The molecular weight excluding hydrogens is 278 g/mol. The number of carbonyl (C=O) groups excluding carboxylic acids is 1. The number of nitrogens with zero attached hydrogens (tertiary/aromatic N) is 1. The van der Waals surface area contributed by atoms with E-state index in [-0.39, 0.29) is 22.7 Å². The standard InChI is InChI=1S/C18H29NO3/c1-17(2)8-12-9-18(3,10-17)11-19(12)15(20)13-6-4-5-7-14(13)16(21)22/h12-14H,4-11H2,1-3H3,(H,21,22)/t12?,13-,14+,18?/m0/s1. The van der Waals surface area contributed by atoms with E-state index in [4.69, 9.17) is 0 Å². The third kappa shape index (κ3) is 2.77. The number of likely N-dealkylation sites (tertiary alicyclic amines) is 1. The summed E-state index contributed by atoms with van der Waals surface area (Å²) in [5.74, 6) is -1.43. The first-order valence-electron chi connectivity index (χ1n) is 8.74. The maximum Gasteiger partial charge on any atom is 0.307 e. The lowest BCUT2D eigenvalue weighted by Gasteiger charge is -2.40. The molecule has 2 aliphatic carbocycles. The Morgan fingerprint density at radius 2 is 1.68 bits per heavy atom. The summed E-state index contributed by atoms with van der Waals surface area (Å²) in [5.41, 5.74) is 0.501. The molecule has 4 nitrogen and oxygen atoms in total. The van der Waals surface area contributed by atoms with Crippen molar-refractivity contribution in [2.45, 2.75) is 71.8 Å². The predicted octanol–water partition coefficient (Wildman–Crippen LogP) is 3.30. The van der Waals surface area contributed by atoms with Crippen LogP contribution in [0.15, 0.2) is 0 Å². The molecule has 3 aliphatic rings. The van der Waals surface area contributed by atoms with E-state index in [9.17, 15) is 14.7 Å². The van der Waals surface area contributed by atoms with Crippen LogP contribution >= 0.6 is 0 Å². The normalized spacial score (nSPS) is 40.5. The van der Waals surface area contributed by atoms with E-state index in [1.807, 2.05) is 0 Å². The van der Waals surface area contributed by atoms with Crippen LogP contribution in [0.2, 0.25) is 0 Å². The number of carbonyl (C=O) groups is 2. The van der Waals surface area contributed by atoms with Crippen LogP contribution in [0.1, 0.15) is 65.7 Å². The van der Waals surface area contributed by atoms with Crippen LogP contribution in [-0.4, -0.2) is 34.5 Å². The lowest BCUT2D eigenvalue weighted by molar-refractivity contribution is -0.152. The number of aliphatic carboxylic acids is 1. The third-order valence-corrected chi connectivity index (χ3v) is 6.10. The number of rotatable bonds is 2. The summed E-state index contributed by atoms with van der Waals surface area (Å²) in [4.78, 5) is 26.6. The highest BCUT2D eigenvalue weighted by Crippen LogP contribution is 2.53. The van der Waals surface area contributed by atoms with Crippen molar-refractivity contribution < 1.29 is 14.7 Å². The summed E-state index contributed by atoms with van der Waals surface area (Å²) in [7, 11) is 0. The number of hydrogen-bond acceptors (Lipinski definition) is 2. The van der Waals surface area contributed by atoms with Crippen molar-refractivity contribution in [3.05, 3.63) is 0 Å². The van der Waals surface area contributed by atoms with Crippen molar-refractivity contribution in [2.24, 2.45) is 22.7 Å². The number of fused-ring (bicyclic) bond motifs is 2. The van der Waals surface area contributed by atoms with Crippen LogP contribution in [0.5, 0.6) is 0 Å². The molecule has 1 heterocycles. The largest absolute Gasteiger partial charge is 0.481 e. The van der Waals surface area contributed by atoms with Crippen LogP contribution in [0.4, 0.5) is 0 Å².